The summed E-state index contributed by atoms with van der Waals surface area (Å²) in [5.41, 5.74) is 0.809. The Labute approximate surface area is 163 Å². The van der Waals surface area contributed by atoms with Crippen LogP contribution in [0.2, 0.25) is 0 Å². The second-order valence-corrected chi connectivity index (χ2v) is 6.70. The SMILES string of the molecule is CCCOc1ccc(F)c2c(=O)c(-c3ccc(OC)cc3OC(C)C)c[nH]c12. The van der Waals surface area contributed by atoms with Crippen LogP contribution in [0.4, 0.5) is 4.39 Å². The first kappa shape index (κ1) is 19.7. The lowest BCUT2D eigenvalue weighted by Crippen LogP contribution is -2.12. The summed E-state index contributed by atoms with van der Waals surface area (Å²) in [5.74, 6) is 0.966. The summed E-state index contributed by atoms with van der Waals surface area (Å²) in [6, 6.07) is 7.98. The van der Waals surface area contributed by atoms with Gasteiger partial charge in [0.25, 0.3) is 0 Å². The van der Waals surface area contributed by atoms with E-state index in [0.717, 1.165) is 6.42 Å². The van der Waals surface area contributed by atoms with Gasteiger partial charge < -0.3 is 19.2 Å². The molecule has 0 aliphatic carbocycles. The van der Waals surface area contributed by atoms with Crippen molar-refractivity contribution in [2.75, 3.05) is 13.7 Å². The average molecular weight is 385 g/mol. The van der Waals surface area contributed by atoms with Crippen LogP contribution in [0, 0.1) is 5.82 Å². The number of rotatable bonds is 7. The number of H-pyrrole nitrogens is 1. The van der Waals surface area contributed by atoms with E-state index in [0.29, 0.717) is 40.5 Å². The Balaban J connectivity index is 2.21. The topological polar surface area (TPSA) is 60.6 Å². The van der Waals surface area contributed by atoms with Crippen molar-refractivity contribution in [3.63, 3.8) is 0 Å². The van der Waals surface area contributed by atoms with Crippen molar-refractivity contribution in [2.45, 2.75) is 33.3 Å². The van der Waals surface area contributed by atoms with Crippen LogP contribution in [0.25, 0.3) is 22.0 Å². The third kappa shape index (κ3) is 3.81. The molecule has 0 saturated carbocycles. The van der Waals surface area contributed by atoms with Crippen molar-refractivity contribution in [2.24, 2.45) is 0 Å². The van der Waals surface area contributed by atoms with Crippen LogP contribution in [0.3, 0.4) is 0 Å². The molecule has 6 heteroatoms. The molecule has 5 nitrogen and oxygen atoms in total. The molecule has 148 valence electrons. The summed E-state index contributed by atoms with van der Waals surface area (Å²) < 4.78 is 31.3. The van der Waals surface area contributed by atoms with E-state index in [1.54, 1.807) is 31.5 Å². The number of fused-ring (bicyclic) bond motifs is 1. The number of hydrogen-bond donors (Lipinski definition) is 1. The van der Waals surface area contributed by atoms with Gasteiger partial charge in [-0.2, -0.15) is 0 Å². The molecule has 3 aromatic rings. The number of halogens is 1. The molecule has 0 aliphatic rings. The van der Waals surface area contributed by atoms with Gasteiger partial charge in [-0.05, 0) is 44.5 Å². The number of aromatic nitrogens is 1. The first-order valence-electron chi connectivity index (χ1n) is 9.28. The maximum absolute atomic E-state index is 14.5. The lowest BCUT2D eigenvalue weighted by Gasteiger charge is -2.16. The predicted molar refractivity (Wildman–Crippen MR) is 108 cm³/mol. The quantitative estimate of drug-likeness (QED) is 0.627. The van der Waals surface area contributed by atoms with Crippen LogP contribution in [0.15, 0.2) is 41.3 Å². The molecule has 0 spiro atoms. The number of hydrogen-bond acceptors (Lipinski definition) is 4. The minimum absolute atomic E-state index is 0.0302. The molecule has 0 radical (unpaired) electrons. The fourth-order valence-electron chi connectivity index (χ4n) is 3.00. The number of nitrogens with one attached hydrogen (secondary N) is 1. The Kier molecular flexibility index (Phi) is 5.87. The Hall–Kier alpha value is -3.02. The number of methoxy groups -OCH3 is 1. The van der Waals surface area contributed by atoms with E-state index >= 15 is 0 Å². The van der Waals surface area contributed by atoms with Gasteiger partial charge >= 0.3 is 0 Å². The molecule has 0 unspecified atom stereocenters. The minimum atomic E-state index is -0.596. The van der Waals surface area contributed by atoms with E-state index in [2.05, 4.69) is 4.98 Å². The fraction of sp³-hybridized carbons (Fsp3) is 0.318. The monoisotopic (exact) mass is 385 g/mol. The van der Waals surface area contributed by atoms with Crippen LogP contribution in [0.1, 0.15) is 27.2 Å². The molecule has 3 rings (SSSR count). The Bertz CT molecular complexity index is 1040. The number of benzene rings is 2. The van der Waals surface area contributed by atoms with Gasteiger partial charge in [0.15, 0.2) is 5.43 Å². The summed E-state index contributed by atoms with van der Waals surface area (Å²) in [5, 5.41) is -0.0302. The van der Waals surface area contributed by atoms with Crippen LogP contribution < -0.4 is 19.6 Å². The second kappa shape index (κ2) is 8.33. The van der Waals surface area contributed by atoms with E-state index in [-0.39, 0.29) is 11.5 Å². The summed E-state index contributed by atoms with van der Waals surface area (Å²) >= 11 is 0. The molecule has 0 bridgehead atoms. The maximum atomic E-state index is 14.5. The zero-order valence-electron chi connectivity index (χ0n) is 16.5. The first-order chi connectivity index (χ1) is 13.5. The van der Waals surface area contributed by atoms with Gasteiger partial charge in [-0.3, -0.25) is 4.79 Å². The van der Waals surface area contributed by atoms with Crippen molar-refractivity contribution < 1.29 is 18.6 Å². The van der Waals surface area contributed by atoms with E-state index in [4.69, 9.17) is 14.2 Å². The van der Waals surface area contributed by atoms with Gasteiger partial charge in [0.2, 0.25) is 0 Å². The predicted octanol–water partition coefficient (Wildman–Crippen LogP) is 4.92. The molecular weight excluding hydrogens is 361 g/mol. The molecule has 28 heavy (non-hydrogen) atoms. The molecule has 0 fully saturated rings. The Morgan fingerprint density at radius 2 is 1.89 bits per heavy atom. The molecule has 1 N–H and O–H groups in total. The van der Waals surface area contributed by atoms with Crippen LogP contribution in [-0.4, -0.2) is 24.8 Å². The van der Waals surface area contributed by atoms with Crippen molar-refractivity contribution >= 4 is 10.9 Å². The summed E-state index contributed by atoms with van der Waals surface area (Å²) in [7, 11) is 1.56. The second-order valence-electron chi connectivity index (χ2n) is 6.70. The smallest absolute Gasteiger partial charge is 0.200 e. The van der Waals surface area contributed by atoms with Crippen molar-refractivity contribution in [3.8, 4) is 28.4 Å². The van der Waals surface area contributed by atoms with Gasteiger partial charge in [0.1, 0.15) is 23.1 Å². The maximum Gasteiger partial charge on any atom is 0.200 e. The number of pyridine rings is 1. The minimum Gasteiger partial charge on any atom is -0.497 e. The molecule has 0 aliphatic heterocycles. The van der Waals surface area contributed by atoms with E-state index in [9.17, 15) is 9.18 Å². The normalized spacial score (nSPS) is 11.1. The van der Waals surface area contributed by atoms with Crippen LogP contribution >= 0.6 is 0 Å². The highest BCUT2D eigenvalue weighted by molar-refractivity contribution is 5.89. The highest BCUT2D eigenvalue weighted by Crippen LogP contribution is 2.34. The van der Waals surface area contributed by atoms with Gasteiger partial charge in [-0.25, -0.2) is 4.39 Å². The Morgan fingerprint density at radius 3 is 2.57 bits per heavy atom. The average Bonchev–Trinajstić information content (AvgIpc) is 2.67. The number of ether oxygens (including phenoxy) is 3. The number of aromatic amines is 1. The summed E-state index contributed by atoms with van der Waals surface area (Å²) in [6.45, 7) is 6.25. The van der Waals surface area contributed by atoms with Gasteiger partial charge in [0.05, 0.1) is 30.7 Å². The lowest BCUT2D eigenvalue weighted by atomic mass is 10.0. The first-order valence-corrected chi connectivity index (χ1v) is 9.28. The van der Waals surface area contributed by atoms with E-state index < -0.39 is 11.2 Å². The molecule has 0 atom stereocenters. The Morgan fingerprint density at radius 1 is 1.11 bits per heavy atom. The highest BCUT2D eigenvalue weighted by atomic mass is 19.1. The molecular formula is C22H24FNO4. The standard InChI is InChI=1S/C22H24FNO4/c1-5-10-27-18-9-8-17(23)20-21(18)24-12-16(22(20)25)15-7-6-14(26-4)11-19(15)28-13(2)3/h6-9,11-13H,5,10H2,1-4H3,(H,24,25). The third-order valence-electron chi connectivity index (χ3n) is 4.25. The fourth-order valence-corrected chi connectivity index (χ4v) is 3.00. The van der Waals surface area contributed by atoms with Crippen molar-refractivity contribution in [3.05, 3.63) is 52.6 Å². The van der Waals surface area contributed by atoms with E-state index in [1.807, 2.05) is 20.8 Å². The van der Waals surface area contributed by atoms with Gasteiger partial charge in [-0.15, -0.1) is 0 Å². The summed E-state index contributed by atoms with van der Waals surface area (Å²) in [6.07, 6.45) is 2.28. The van der Waals surface area contributed by atoms with Crippen molar-refractivity contribution in [1.82, 2.24) is 4.98 Å². The lowest BCUT2D eigenvalue weighted by molar-refractivity contribution is 0.242. The molecule has 1 heterocycles. The van der Waals surface area contributed by atoms with Gasteiger partial charge in [-0.1, -0.05) is 6.92 Å². The van der Waals surface area contributed by atoms with E-state index in [1.165, 1.54) is 12.1 Å². The van der Waals surface area contributed by atoms with Crippen molar-refractivity contribution in [1.29, 1.82) is 0 Å². The third-order valence-corrected chi connectivity index (χ3v) is 4.25. The van der Waals surface area contributed by atoms with Crippen LogP contribution in [0.5, 0.6) is 17.2 Å². The molecule has 0 saturated heterocycles. The molecule has 0 amide bonds. The molecule has 2 aromatic carbocycles. The summed E-state index contributed by atoms with van der Waals surface area (Å²) in [4.78, 5) is 16.2. The zero-order chi connectivity index (χ0) is 20.3. The highest BCUT2D eigenvalue weighted by Gasteiger charge is 2.18. The zero-order valence-corrected chi connectivity index (χ0v) is 16.5. The van der Waals surface area contributed by atoms with Crippen LogP contribution in [-0.2, 0) is 0 Å². The molecule has 1 aromatic heterocycles. The largest absolute Gasteiger partial charge is 0.497 e. The van der Waals surface area contributed by atoms with Gasteiger partial charge in [0, 0.05) is 23.4 Å².